The first kappa shape index (κ1) is 28.0. The molecule has 0 aliphatic rings. The molecule has 2 heterocycles. The van der Waals surface area contributed by atoms with Gasteiger partial charge in [-0.1, -0.05) is 146 Å². The smallest absolute Gasteiger partial charge is 0.167 e. The fourth-order valence-corrected chi connectivity index (χ4v) is 7.96. The Balaban J connectivity index is 1.22. The Morgan fingerprint density at radius 3 is 1.65 bits per heavy atom. The molecule has 0 aliphatic heterocycles. The summed E-state index contributed by atoms with van der Waals surface area (Å²) in [5.41, 5.74) is 4.32. The Bertz CT molecular complexity index is 3180. The molecule has 11 aromatic rings. The van der Waals surface area contributed by atoms with Crippen LogP contribution in [0.3, 0.4) is 0 Å². The van der Waals surface area contributed by atoms with Crippen molar-refractivity contribution in [3.05, 3.63) is 164 Å². The van der Waals surface area contributed by atoms with E-state index in [1.54, 1.807) is 0 Å². The lowest BCUT2D eigenvalue weighted by Gasteiger charge is -2.14. The highest BCUT2D eigenvalue weighted by atomic mass is 16.3. The third kappa shape index (κ3) is 4.23. The van der Waals surface area contributed by atoms with Gasteiger partial charge in [-0.3, -0.25) is 0 Å². The van der Waals surface area contributed by atoms with E-state index in [0.717, 1.165) is 54.8 Å². The van der Waals surface area contributed by atoms with E-state index in [4.69, 9.17) is 19.4 Å². The summed E-state index contributed by atoms with van der Waals surface area (Å²) < 4.78 is 6.50. The van der Waals surface area contributed by atoms with Crippen molar-refractivity contribution in [1.29, 1.82) is 0 Å². The predicted octanol–water partition coefficient (Wildman–Crippen LogP) is 12.5. The molecule has 0 spiro atoms. The van der Waals surface area contributed by atoms with Crippen molar-refractivity contribution in [2.45, 2.75) is 0 Å². The summed E-state index contributed by atoms with van der Waals surface area (Å²) in [5.74, 6) is 1.80. The van der Waals surface area contributed by atoms with Gasteiger partial charge in [0, 0.05) is 27.3 Å². The molecule has 4 heteroatoms. The molecule has 9 aromatic carbocycles. The van der Waals surface area contributed by atoms with Gasteiger partial charge in [-0.15, -0.1) is 0 Å². The fourth-order valence-electron chi connectivity index (χ4n) is 7.96. The van der Waals surface area contributed by atoms with Gasteiger partial charge in [-0.25, -0.2) is 15.0 Å². The van der Waals surface area contributed by atoms with E-state index in [0.29, 0.717) is 17.5 Å². The van der Waals surface area contributed by atoms with Crippen LogP contribution in [0.4, 0.5) is 0 Å². The number of furan rings is 1. The molecule has 2 aromatic heterocycles. The lowest BCUT2D eigenvalue weighted by atomic mass is 9.93. The number of nitrogens with zero attached hydrogens (tertiary/aromatic N) is 3. The van der Waals surface area contributed by atoms with Crippen LogP contribution in [0.15, 0.2) is 168 Å². The molecule has 236 valence electrons. The summed E-state index contributed by atoms with van der Waals surface area (Å²) in [6.07, 6.45) is 0. The molecule has 0 fully saturated rings. The summed E-state index contributed by atoms with van der Waals surface area (Å²) >= 11 is 0. The molecular formula is C47H27N3O. The third-order valence-electron chi connectivity index (χ3n) is 10.3. The van der Waals surface area contributed by atoms with Crippen molar-refractivity contribution >= 4 is 75.8 Å². The van der Waals surface area contributed by atoms with Gasteiger partial charge in [0.15, 0.2) is 17.5 Å². The minimum atomic E-state index is 0.570. The zero-order chi connectivity index (χ0) is 33.5. The highest BCUT2D eigenvalue weighted by molar-refractivity contribution is 6.25. The Morgan fingerprint density at radius 1 is 0.333 bits per heavy atom. The van der Waals surface area contributed by atoms with Gasteiger partial charge in [0.1, 0.15) is 11.2 Å². The van der Waals surface area contributed by atoms with Crippen molar-refractivity contribution in [3.8, 4) is 34.2 Å². The lowest BCUT2D eigenvalue weighted by molar-refractivity contribution is 0.669. The van der Waals surface area contributed by atoms with E-state index in [1.165, 1.54) is 37.7 Å². The van der Waals surface area contributed by atoms with E-state index in [9.17, 15) is 0 Å². The zero-order valence-corrected chi connectivity index (χ0v) is 27.3. The van der Waals surface area contributed by atoms with Crippen LogP contribution < -0.4 is 0 Å². The maximum atomic E-state index is 6.50. The summed E-state index contributed by atoms with van der Waals surface area (Å²) in [5, 5.41) is 14.0. The van der Waals surface area contributed by atoms with Gasteiger partial charge in [0.25, 0.3) is 0 Å². The zero-order valence-electron chi connectivity index (χ0n) is 27.3. The normalized spacial score (nSPS) is 11.9. The van der Waals surface area contributed by atoms with Crippen molar-refractivity contribution in [1.82, 2.24) is 15.0 Å². The van der Waals surface area contributed by atoms with Gasteiger partial charge in [-0.05, 0) is 66.7 Å². The summed E-state index contributed by atoms with van der Waals surface area (Å²) in [6, 6.07) is 57.5. The van der Waals surface area contributed by atoms with Crippen LogP contribution in [0.25, 0.3) is 110 Å². The van der Waals surface area contributed by atoms with E-state index < -0.39 is 0 Å². The Morgan fingerprint density at radius 2 is 0.863 bits per heavy atom. The van der Waals surface area contributed by atoms with Crippen molar-refractivity contribution in [2.75, 3.05) is 0 Å². The number of para-hydroxylation sites is 2. The largest absolute Gasteiger partial charge is 0.455 e. The van der Waals surface area contributed by atoms with Crippen molar-refractivity contribution in [2.24, 2.45) is 0 Å². The number of fused-ring (bicyclic) bond motifs is 12. The Labute approximate surface area is 292 Å². The number of hydrogen-bond acceptors (Lipinski definition) is 4. The third-order valence-corrected chi connectivity index (χ3v) is 10.3. The van der Waals surface area contributed by atoms with Crippen LogP contribution in [0.5, 0.6) is 0 Å². The van der Waals surface area contributed by atoms with Gasteiger partial charge < -0.3 is 4.42 Å². The topological polar surface area (TPSA) is 51.8 Å². The SMILES string of the molecule is c1ccc2c(c1)ccc1cccc(-c3nc(-c4ccc5c6ccccc6c6ccccc6c5c4)nc(-c4cccc5c4oc4ccccc45)n3)c12. The number of hydrogen-bond donors (Lipinski definition) is 0. The first-order valence-corrected chi connectivity index (χ1v) is 17.2. The maximum Gasteiger partial charge on any atom is 0.167 e. The molecule has 11 rings (SSSR count). The van der Waals surface area contributed by atoms with Gasteiger partial charge in [0.2, 0.25) is 0 Å². The highest BCUT2D eigenvalue weighted by Gasteiger charge is 2.20. The summed E-state index contributed by atoms with van der Waals surface area (Å²) in [7, 11) is 0. The molecule has 0 radical (unpaired) electrons. The van der Waals surface area contributed by atoms with Crippen LogP contribution in [0.2, 0.25) is 0 Å². The van der Waals surface area contributed by atoms with E-state index in [2.05, 4.69) is 140 Å². The standard InChI is InChI=1S/C47H27N3O/c1-2-13-31-28(11-1)23-24-29-12-9-20-39(43(29)31)46-48-45(49-47(50-46)40-21-10-19-38-37-18-7-8-22-42(37)51-44(38)40)30-25-26-36-34-16-4-3-14-32(34)33-15-5-6-17-35(33)41(36)27-30/h1-27H. The summed E-state index contributed by atoms with van der Waals surface area (Å²) in [4.78, 5) is 15.8. The molecule has 0 amide bonds. The molecule has 51 heavy (non-hydrogen) atoms. The van der Waals surface area contributed by atoms with E-state index >= 15 is 0 Å². The first-order valence-electron chi connectivity index (χ1n) is 17.2. The van der Waals surface area contributed by atoms with Crippen molar-refractivity contribution in [3.63, 3.8) is 0 Å². The summed E-state index contributed by atoms with van der Waals surface area (Å²) in [6.45, 7) is 0. The van der Waals surface area contributed by atoms with Crippen LogP contribution >= 0.6 is 0 Å². The second-order valence-electron chi connectivity index (χ2n) is 13.1. The Hall–Kier alpha value is -6.91. The molecule has 0 unspecified atom stereocenters. The molecule has 0 saturated heterocycles. The minimum absolute atomic E-state index is 0.570. The maximum absolute atomic E-state index is 6.50. The average Bonchev–Trinajstić information content (AvgIpc) is 3.59. The number of rotatable bonds is 3. The van der Waals surface area contributed by atoms with Gasteiger partial charge in [0.05, 0.1) is 5.56 Å². The molecule has 0 saturated carbocycles. The van der Waals surface area contributed by atoms with E-state index in [-0.39, 0.29) is 0 Å². The molecule has 0 aliphatic carbocycles. The second kappa shape index (κ2) is 10.8. The molecule has 0 bridgehead atoms. The second-order valence-corrected chi connectivity index (χ2v) is 13.1. The molecule has 4 nitrogen and oxygen atoms in total. The van der Waals surface area contributed by atoms with Gasteiger partial charge >= 0.3 is 0 Å². The minimum Gasteiger partial charge on any atom is -0.455 e. The number of aromatic nitrogens is 3. The highest BCUT2D eigenvalue weighted by Crippen LogP contribution is 2.40. The van der Waals surface area contributed by atoms with E-state index in [1.807, 2.05) is 24.3 Å². The average molecular weight is 650 g/mol. The van der Waals surface area contributed by atoms with Crippen LogP contribution in [0, 0.1) is 0 Å². The van der Waals surface area contributed by atoms with Crippen LogP contribution in [0.1, 0.15) is 0 Å². The van der Waals surface area contributed by atoms with Crippen molar-refractivity contribution < 1.29 is 4.42 Å². The first-order chi connectivity index (χ1) is 25.3. The fraction of sp³-hybridized carbons (Fsp3) is 0. The van der Waals surface area contributed by atoms with Crippen LogP contribution in [-0.4, -0.2) is 15.0 Å². The molecule has 0 N–H and O–H groups in total. The molecular weight excluding hydrogens is 623 g/mol. The molecule has 0 atom stereocenters. The Kier molecular flexibility index (Phi) is 5.92. The lowest BCUT2D eigenvalue weighted by Crippen LogP contribution is -2.01. The van der Waals surface area contributed by atoms with Gasteiger partial charge in [-0.2, -0.15) is 0 Å². The monoisotopic (exact) mass is 649 g/mol. The predicted molar refractivity (Wildman–Crippen MR) is 211 cm³/mol. The van der Waals surface area contributed by atoms with Crippen LogP contribution in [-0.2, 0) is 0 Å². The number of benzene rings is 9. The quantitative estimate of drug-likeness (QED) is 0.179.